The quantitative estimate of drug-likeness (QED) is 0.685. The van der Waals surface area contributed by atoms with Gasteiger partial charge < -0.3 is 10.2 Å². The van der Waals surface area contributed by atoms with Crippen molar-refractivity contribution in [3.8, 4) is 5.69 Å². The number of hydrogen-bond donors (Lipinski definition) is 1. The number of nitrogens with zero attached hydrogens (tertiary/aromatic N) is 5. The van der Waals surface area contributed by atoms with Gasteiger partial charge >= 0.3 is 0 Å². The van der Waals surface area contributed by atoms with Crippen molar-refractivity contribution >= 4 is 17.5 Å². The van der Waals surface area contributed by atoms with E-state index < -0.39 is 6.04 Å². The molecule has 8 heteroatoms. The van der Waals surface area contributed by atoms with Crippen molar-refractivity contribution in [1.82, 2.24) is 25.1 Å². The maximum Gasteiger partial charge on any atom is 0.254 e. The third-order valence-corrected chi connectivity index (χ3v) is 6.63. The lowest BCUT2D eigenvalue weighted by molar-refractivity contribution is -0.120. The van der Waals surface area contributed by atoms with Crippen LogP contribution in [0.3, 0.4) is 0 Å². The van der Waals surface area contributed by atoms with E-state index in [4.69, 9.17) is 0 Å². The average Bonchev–Trinajstić information content (AvgIpc) is 3.43. The molecular weight excluding hydrogens is 404 g/mol. The molecule has 2 fully saturated rings. The van der Waals surface area contributed by atoms with E-state index in [1.807, 2.05) is 66.4 Å². The number of benzene rings is 2. The van der Waals surface area contributed by atoms with Gasteiger partial charge in [-0.15, -0.1) is 5.10 Å². The standard InChI is InChI=1S/C24H26N6O2/c1-16-26-27-28-30(16)20-12-7-11-19(15-20)25-23(31)22-14-18-10-5-6-13-21(18)29(22)24(32)17-8-3-2-4-9-17/h2-4,7-9,11-12,15,18,21-22H,5-6,10,13-14H2,1H3,(H,25,31). The molecule has 1 saturated heterocycles. The summed E-state index contributed by atoms with van der Waals surface area (Å²) < 4.78 is 1.62. The van der Waals surface area contributed by atoms with Crippen molar-refractivity contribution in [2.75, 3.05) is 5.32 Å². The van der Waals surface area contributed by atoms with E-state index >= 15 is 0 Å². The third kappa shape index (κ3) is 3.77. The van der Waals surface area contributed by atoms with Gasteiger partial charge in [0.25, 0.3) is 5.91 Å². The van der Waals surface area contributed by atoms with Crippen LogP contribution >= 0.6 is 0 Å². The Balaban J connectivity index is 1.40. The molecular formula is C24H26N6O2. The van der Waals surface area contributed by atoms with E-state index in [0.29, 0.717) is 29.4 Å². The van der Waals surface area contributed by atoms with Crippen molar-refractivity contribution in [2.24, 2.45) is 5.92 Å². The molecule has 3 atom stereocenters. The number of nitrogens with one attached hydrogen (secondary N) is 1. The smallest absolute Gasteiger partial charge is 0.254 e. The van der Waals surface area contributed by atoms with Crippen LogP contribution in [0.25, 0.3) is 5.69 Å². The summed E-state index contributed by atoms with van der Waals surface area (Å²) >= 11 is 0. The van der Waals surface area contributed by atoms with Gasteiger partial charge in [-0.3, -0.25) is 9.59 Å². The molecule has 1 aliphatic carbocycles. The Labute approximate surface area is 186 Å². The first kappa shape index (κ1) is 20.4. The summed E-state index contributed by atoms with van der Waals surface area (Å²) in [5, 5.41) is 14.6. The van der Waals surface area contributed by atoms with E-state index in [0.717, 1.165) is 31.4 Å². The first-order valence-corrected chi connectivity index (χ1v) is 11.2. The summed E-state index contributed by atoms with van der Waals surface area (Å²) in [5.41, 5.74) is 2.06. The molecule has 3 unspecified atom stereocenters. The summed E-state index contributed by atoms with van der Waals surface area (Å²) in [5.74, 6) is 0.836. The Bertz CT molecular complexity index is 1130. The van der Waals surface area contributed by atoms with E-state index in [2.05, 4.69) is 20.8 Å². The van der Waals surface area contributed by atoms with Crippen molar-refractivity contribution in [1.29, 1.82) is 0 Å². The molecule has 2 heterocycles. The molecule has 1 N–H and O–H groups in total. The van der Waals surface area contributed by atoms with Crippen LogP contribution in [-0.4, -0.2) is 49.0 Å². The van der Waals surface area contributed by atoms with Crippen LogP contribution in [0.5, 0.6) is 0 Å². The minimum Gasteiger partial charge on any atom is -0.324 e. The topological polar surface area (TPSA) is 93.0 Å². The largest absolute Gasteiger partial charge is 0.324 e. The van der Waals surface area contributed by atoms with E-state index in [9.17, 15) is 9.59 Å². The first-order chi connectivity index (χ1) is 15.6. The summed E-state index contributed by atoms with van der Waals surface area (Å²) in [6, 6.07) is 16.3. The number of aryl methyl sites for hydroxylation is 1. The van der Waals surface area contributed by atoms with Gasteiger partial charge in [-0.1, -0.05) is 37.1 Å². The molecule has 0 spiro atoms. The fraction of sp³-hybridized carbons (Fsp3) is 0.375. The summed E-state index contributed by atoms with van der Waals surface area (Å²) in [4.78, 5) is 28.7. The van der Waals surface area contributed by atoms with Gasteiger partial charge in [0.2, 0.25) is 5.91 Å². The number of likely N-dealkylation sites (tertiary alicyclic amines) is 1. The molecule has 1 aliphatic heterocycles. The predicted octanol–water partition coefficient (Wildman–Crippen LogP) is 3.38. The lowest BCUT2D eigenvalue weighted by atomic mass is 9.84. The Hall–Kier alpha value is -3.55. The van der Waals surface area contributed by atoms with Crippen LogP contribution in [0.4, 0.5) is 5.69 Å². The van der Waals surface area contributed by atoms with E-state index in [1.54, 1.807) is 4.68 Å². The summed E-state index contributed by atoms with van der Waals surface area (Å²) in [6.07, 6.45) is 5.00. The number of rotatable bonds is 4. The lowest BCUT2D eigenvalue weighted by Crippen LogP contribution is -2.47. The molecule has 2 amide bonds. The van der Waals surface area contributed by atoms with Gasteiger partial charge in [0.05, 0.1) is 5.69 Å². The minimum absolute atomic E-state index is 0.0572. The Morgan fingerprint density at radius 3 is 2.62 bits per heavy atom. The van der Waals surface area contributed by atoms with Crippen molar-refractivity contribution < 1.29 is 9.59 Å². The van der Waals surface area contributed by atoms with E-state index in [-0.39, 0.29) is 17.9 Å². The normalized spacial score (nSPS) is 22.4. The second-order valence-corrected chi connectivity index (χ2v) is 8.62. The van der Waals surface area contributed by atoms with Crippen LogP contribution < -0.4 is 5.32 Å². The van der Waals surface area contributed by atoms with Gasteiger partial charge in [0.1, 0.15) is 6.04 Å². The zero-order valence-electron chi connectivity index (χ0n) is 18.0. The first-order valence-electron chi connectivity index (χ1n) is 11.2. The molecule has 8 nitrogen and oxygen atoms in total. The molecule has 2 aliphatic rings. The highest BCUT2D eigenvalue weighted by Gasteiger charge is 2.47. The van der Waals surface area contributed by atoms with Crippen LogP contribution in [0.15, 0.2) is 54.6 Å². The van der Waals surface area contributed by atoms with Crippen molar-refractivity contribution in [2.45, 2.75) is 51.1 Å². The maximum atomic E-state index is 13.4. The number of amides is 2. The second kappa shape index (κ2) is 8.53. The van der Waals surface area contributed by atoms with Gasteiger partial charge in [0.15, 0.2) is 5.82 Å². The van der Waals surface area contributed by atoms with E-state index in [1.165, 1.54) is 0 Å². The lowest BCUT2D eigenvalue weighted by Gasteiger charge is -2.33. The highest BCUT2D eigenvalue weighted by Crippen LogP contribution is 2.40. The Morgan fingerprint density at radius 2 is 1.84 bits per heavy atom. The second-order valence-electron chi connectivity index (χ2n) is 8.62. The maximum absolute atomic E-state index is 13.4. The predicted molar refractivity (Wildman–Crippen MR) is 119 cm³/mol. The number of tetrazole rings is 1. The molecule has 1 aromatic heterocycles. The number of anilines is 1. The zero-order valence-corrected chi connectivity index (χ0v) is 18.0. The van der Waals surface area contributed by atoms with Crippen molar-refractivity contribution in [3.05, 3.63) is 66.0 Å². The van der Waals surface area contributed by atoms with Crippen LogP contribution in [0, 0.1) is 12.8 Å². The summed E-state index contributed by atoms with van der Waals surface area (Å²) in [7, 11) is 0. The van der Waals surface area contributed by atoms with Gasteiger partial charge in [-0.2, -0.15) is 4.68 Å². The highest BCUT2D eigenvalue weighted by molar-refractivity contribution is 6.02. The van der Waals surface area contributed by atoms with Crippen LogP contribution in [0.2, 0.25) is 0 Å². The van der Waals surface area contributed by atoms with Gasteiger partial charge in [-0.25, -0.2) is 0 Å². The Kier molecular flexibility index (Phi) is 5.43. The van der Waals surface area contributed by atoms with Crippen LogP contribution in [-0.2, 0) is 4.79 Å². The fourth-order valence-electron chi connectivity index (χ4n) is 5.13. The molecule has 0 bridgehead atoms. The third-order valence-electron chi connectivity index (χ3n) is 6.63. The minimum atomic E-state index is -0.478. The fourth-order valence-corrected chi connectivity index (χ4v) is 5.13. The number of fused-ring (bicyclic) bond motifs is 1. The number of carbonyl (C=O) groups excluding carboxylic acids is 2. The van der Waals surface area contributed by atoms with Gasteiger partial charge in [-0.05, 0) is 72.9 Å². The zero-order chi connectivity index (χ0) is 22.1. The Morgan fingerprint density at radius 1 is 1.03 bits per heavy atom. The monoisotopic (exact) mass is 430 g/mol. The number of hydrogen-bond acceptors (Lipinski definition) is 5. The molecule has 164 valence electrons. The molecule has 3 aromatic rings. The molecule has 32 heavy (non-hydrogen) atoms. The molecule has 2 aromatic carbocycles. The van der Waals surface area contributed by atoms with Crippen molar-refractivity contribution in [3.63, 3.8) is 0 Å². The summed E-state index contributed by atoms with van der Waals surface area (Å²) in [6.45, 7) is 1.82. The van der Waals surface area contributed by atoms with Gasteiger partial charge in [0, 0.05) is 17.3 Å². The van der Waals surface area contributed by atoms with Crippen LogP contribution in [0.1, 0.15) is 48.3 Å². The molecule has 5 rings (SSSR count). The molecule has 0 radical (unpaired) electrons. The average molecular weight is 431 g/mol. The molecule has 1 saturated carbocycles. The SMILES string of the molecule is Cc1nnnn1-c1cccc(NC(=O)C2CC3CCCCC3N2C(=O)c2ccccc2)c1. The number of carbonyl (C=O) groups is 2. The number of aromatic nitrogens is 4. The highest BCUT2D eigenvalue weighted by atomic mass is 16.2.